The average Bonchev–Trinajstić information content (AvgIpc) is 2.38. The number of methoxy groups -OCH3 is 1. The highest BCUT2D eigenvalue weighted by molar-refractivity contribution is 5.27. The third kappa shape index (κ3) is 5.72. The number of ether oxygens (including phenoxy) is 2. The second kappa shape index (κ2) is 8.57. The van der Waals surface area contributed by atoms with Crippen molar-refractivity contribution in [2.75, 3.05) is 26.8 Å². The van der Waals surface area contributed by atoms with Crippen molar-refractivity contribution < 1.29 is 9.47 Å². The van der Waals surface area contributed by atoms with Crippen molar-refractivity contribution in [1.82, 2.24) is 5.32 Å². The highest BCUT2D eigenvalue weighted by atomic mass is 16.5. The molecule has 0 bridgehead atoms. The summed E-state index contributed by atoms with van der Waals surface area (Å²) in [5.74, 6) is 3.42. The molecule has 0 aliphatic carbocycles. The molecule has 0 heterocycles. The van der Waals surface area contributed by atoms with Gasteiger partial charge in [-0.1, -0.05) is 18.1 Å². The highest BCUT2D eigenvalue weighted by Gasteiger charge is 2.03. The van der Waals surface area contributed by atoms with Crippen LogP contribution < -0.4 is 10.1 Å². The molecular weight excluding hydrogens is 226 g/mol. The summed E-state index contributed by atoms with van der Waals surface area (Å²) >= 11 is 0. The summed E-state index contributed by atoms with van der Waals surface area (Å²) in [6, 6.07) is 8.11. The number of rotatable bonds is 8. The maximum Gasteiger partial charge on any atom is 0.119 e. The molecule has 0 amide bonds. The van der Waals surface area contributed by atoms with E-state index in [1.165, 1.54) is 5.56 Å². The van der Waals surface area contributed by atoms with E-state index in [0.717, 1.165) is 25.3 Å². The fourth-order valence-electron chi connectivity index (χ4n) is 1.58. The predicted molar refractivity (Wildman–Crippen MR) is 73.8 cm³/mol. The first-order valence-corrected chi connectivity index (χ1v) is 6.15. The van der Waals surface area contributed by atoms with Gasteiger partial charge >= 0.3 is 0 Å². The third-order valence-corrected chi connectivity index (χ3v) is 2.51. The van der Waals surface area contributed by atoms with Gasteiger partial charge in [-0.15, -0.1) is 6.42 Å². The molecule has 1 aromatic rings. The van der Waals surface area contributed by atoms with Gasteiger partial charge in [-0.25, -0.2) is 0 Å². The summed E-state index contributed by atoms with van der Waals surface area (Å²) in [5.41, 5.74) is 1.25. The van der Waals surface area contributed by atoms with Gasteiger partial charge in [0.1, 0.15) is 11.9 Å². The van der Waals surface area contributed by atoms with Gasteiger partial charge < -0.3 is 14.8 Å². The fourth-order valence-corrected chi connectivity index (χ4v) is 1.58. The lowest BCUT2D eigenvalue weighted by Crippen LogP contribution is -2.29. The van der Waals surface area contributed by atoms with Crippen LogP contribution in [0.1, 0.15) is 12.5 Å². The Morgan fingerprint density at radius 2 is 2.06 bits per heavy atom. The molecule has 1 atom stereocenters. The second-order valence-electron chi connectivity index (χ2n) is 4.15. The molecule has 3 heteroatoms. The minimum Gasteiger partial charge on any atom is -0.489 e. The Balaban J connectivity index is 2.36. The van der Waals surface area contributed by atoms with Gasteiger partial charge in [-0.2, -0.15) is 0 Å². The van der Waals surface area contributed by atoms with E-state index < -0.39 is 0 Å². The lowest BCUT2D eigenvalue weighted by molar-refractivity contribution is 0.202. The Kier molecular flexibility index (Phi) is 6.93. The monoisotopic (exact) mass is 247 g/mol. The lowest BCUT2D eigenvalue weighted by atomic mass is 10.1. The van der Waals surface area contributed by atoms with Gasteiger partial charge in [-0.05, 0) is 31.0 Å². The van der Waals surface area contributed by atoms with Gasteiger partial charge in [0, 0.05) is 13.7 Å². The molecule has 1 unspecified atom stereocenters. The molecule has 18 heavy (non-hydrogen) atoms. The molecule has 1 rings (SSSR count). The van der Waals surface area contributed by atoms with E-state index in [9.17, 15) is 0 Å². The molecule has 0 aromatic heterocycles. The van der Waals surface area contributed by atoms with Gasteiger partial charge in [0.2, 0.25) is 0 Å². The Morgan fingerprint density at radius 1 is 1.33 bits per heavy atom. The summed E-state index contributed by atoms with van der Waals surface area (Å²) in [6.07, 6.45) is 6.19. The van der Waals surface area contributed by atoms with Gasteiger partial charge in [-0.3, -0.25) is 0 Å². The van der Waals surface area contributed by atoms with E-state index in [1.54, 1.807) is 7.11 Å². The van der Waals surface area contributed by atoms with Crippen molar-refractivity contribution in [2.45, 2.75) is 19.4 Å². The van der Waals surface area contributed by atoms with E-state index in [0.29, 0.717) is 6.54 Å². The summed E-state index contributed by atoms with van der Waals surface area (Å²) in [6.45, 7) is 4.08. The van der Waals surface area contributed by atoms with Crippen molar-refractivity contribution >= 4 is 0 Å². The number of benzene rings is 1. The highest BCUT2D eigenvalue weighted by Crippen LogP contribution is 2.14. The van der Waals surface area contributed by atoms with Crippen molar-refractivity contribution in [3.63, 3.8) is 0 Å². The van der Waals surface area contributed by atoms with Gasteiger partial charge in [0.25, 0.3) is 0 Å². The van der Waals surface area contributed by atoms with E-state index in [-0.39, 0.29) is 6.10 Å². The molecule has 0 aliphatic heterocycles. The normalized spacial score (nSPS) is 11.8. The number of terminal acetylenes is 1. The molecule has 1 aromatic carbocycles. The zero-order valence-corrected chi connectivity index (χ0v) is 11.1. The summed E-state index contributed by atoms with van der Waals surface area (Å²) in [5, 5.41) is 3.12. The Morgan fingerprint density at radius 3 is 2.67 bits per heavy atom. The first kappa shape index (κ1) is 14.6. The van der Waals surface area contributed by atoms with Crippen molar-refractivity contribution in [3.05, 3.63) is 29.8 Å². The van der Waals surface area contributed by atoms with Gasteiger partial charge in [0.05, 0.1) is 13.2 Å². The molecule has 3 nitrogen and oxygen atoms in total. The summed E-state index contributed by atoms with van der Waals surface area (Å²) < 4.78 is 10.8. The van der Waals surface area contributed by atoms with Crippen LogP contribution in [0.5, 0.6) is 5.75 Å². The fraction of sp³-hybridized carbons (Fsp3) is 0.467. The van der Waals surface area contributed by atoms with Crippen LogP contribution in [0.15, 0.2) is 24.3 Å². The first-order valence-electron chi connectivity index (χ1n) is 6.15. The smallest absolute Gasteiger partial charge is 0.119 e. The maximum absolute atomic E-state index is 5.76. The molecule has 0 aliphatic rings. The van der Waals surface area contributed by atoms with Gasteiger partial charge in [0.15, 0.2) is 0 Å². The Hall–Kier alpha value is -1.50. The van der Waals surface area contributed by atoms with E-state index >= 15 is 0 Å². The standard InChI is InChI=1S/C15H21NO2/c1-4-10-16-12-13(2)18-15-7-5-14(6-8-15)9-11-17-3/h1,5-8,13,16H,9-12H2,2-3H3. The van der Waals surface area contributed by atoms with Crippen LogP contribution in [-0.2, 0) is 11.2 Å². The first-order chi connectivity index (χ1) is 8.76. The molecule has 0 fully saturated rings. The number of hydrogen-bond donors (Lipinski definition) is 1. The molecular formula is C15H21NO2. The van der Waals surface area contributed by atoms with Crippen LogP contribution in [0.25, 0.3) is 0 Å². The SMILES string of the molecule is C#CCNCC(C)Oc1ccc(CCOC)cc1. The number of hydrogen-bond acceptors (Lipinski definition) is 3. The summed E-state index contributed by atoms with van der Waals surface area (Å²) in [4.78, 5) is 0. The maximum atomic E-state index is 5.76. The van der Waals surface area contributed by atoms with Crippen LogP contribution >= 0.6 is 0 Å². The Bertz CT molecular complexity index is 367. The lowest BCUT2D eigenvalue weighted by Gasteiger charge is -2.15. The average molecular weight is 247 g/mol. The quantitative estimate of drug-likeness (QED) is 0.562. The van der Waals surface area contributed by atoms with E-state index in [4.69, 9.17) is 15.9 Å². The molecule has 0 radical (unpaired) electrons. The zero-order valence-electron chi connectivity index (χ0n) is 11.1. The molecule has 0 saturated carbocycles. The topological polar surface area (TPSA) is 30.5 Å². The van der Waals surface area contributed by atoms with Crippen LogP contribution in [-0.4, -0.2) is 32.9 Å². The Labute approximate surface area is 109 Å². The molecule has 98 valence electrons. The van der Waals surface area contributed by atoms with E-state index in [1.807, 2.05) is 19.1 Å². The summed E-state index contributed by atoms with van der Waals surface area (Å²) in [7, 11) is 1.71. The molecule has 0 saturated heterocycles. The zero-order chi connectivity index (χ0) is 13.2. The largest absolute Gasteiger partial charge is 0.489 e. The molecule has 0 spiro atoms. The number of nitrogens with one attached hydrogen (secondary N) is 1. The third-order valence-electron chi connectivity index (χ3n) is 2.51. The molecule has 1 N–H and O–H groups in total. The minimum atomic E-state index is 0.100. The van der Waals surface area contributed by atoms with Crippen LogP contribution in [0.4, 0.5) is 0 Å². The predicted octanol–water partition coefficient (Wildman–Crippen LogP) is 1.87. The minimum absolute atomic E-state index is 0.100. The van der Waals surface area contributed by atoms with Crippen molar-refractivity contribution in [3.8, 4) is 18.1 Å². The van der Waals surface area contributed by atoms with Crippen molar-refractivity contribution in [2.24, 2.45) is 0 Å². The van der Waals surface area contributed by atoms with Crippen LogP contribution in [0.2, 0.25) is 0 Å². The van der Waals surface area contributed by atoms with Crippen LogP contribution in [0.3, 0.4) is 0 Å². The van der Waals surface area contributed by atoms with Crippen molar-refractivity contribution in [1.29, 1.82) is 0 Å². The van der Waals surface area contributed by atoms with Crippen LogP contribution in [0, 0.1) is 12.3 Å². The second-order valence-corrected chi connectivity index (χ2v) is 4.15. The van der Waals surface area contributed by atoms with E-state index in [2.05, 4.69) is 23.4 Å².